The van der Waals surface area contributed by atoms with E-state index in [1.54, 1.807) is 0 Å². The van der Waals surface area contributed by atoms with Crippen LogP contribution in [0.3, 0.4) is 0 Å². The highest BCUT2D eigenvalue weighted by atomic mass is 127. The Morgan fingerprint density at radius 2 is 2.00 bits per heavy atom. The number of alkyl halides is 1. The summed E-state index contributed by atoms with van der Waals surface area (Å²) in [5, 5.41) is 3.37. The fourth-order valence-electron chi connectivity index (χ4n) is 2.10. The fraction of sp³-hybridized carbons (Fsp3) is 0.875. The molecule has 1 rings (SSSR count). The number of carbonyl (C=O) groups excluding carboxylic acids is 2. The van der Waals surface area contributed by atoms with Crippen molar-refractivity contribution in [3.05, 3.63) is 0 Å². The van der Waals surface area contributed by atoms with E-state index in [9.17, 15) is 9.59 Å². The highest BCUT2D eigenvalue weighted by Crippen LogP contribution is 2.25. The van der Waals surface area contributed by atoms with Gasteiger partial charge in [0.05, 0.1) is 6.10 Å². The van der Waals surface area contributed by atoms with Crippen molar-refractivity contribution in [1.29, 1.82) is 0 Å². The summed E-state index contributed by atoms with van der Waals surface area (Å²) < 4.78 is 10.8. The number of hydrogen-bond donors (Lipinski definition) is 1. The van der Waals surface area contributed by atoms with Gasteiger partial charge >= 0.3 is 5.97 Å². The summed E-state index contributed by atoms with van der Waals surface area (Å²) in [6.07, 6.45) is 1.70. The monoisotopic (exact) mass is 427 g/mol. The predicted molar refractivity (Wildman–Crippen MR) is 96.1 cm³/mol. The second kappa shape index (κ2) is 11.2. The van der Waals surface area contributed by atoms with E-state index in [-0.39, 0.29) is 17.7 Å². The molecule has 0 bridgehead atoms. The average molecular weight is 427 g/mol. The molecule has 1 heterocycles. The molecular weight excluding hydrogens is 397 g/mol. The lowest BCUT2D eigenvalue weighted by Gasteiger charge is -2.30. The van der Waals surface area contributed by atoms with Crippen molar-refractivity contribution in [1.82, 2.24) is 5.32 Å². The summed E-state index contributed by atoms with van der Waals surface area (Å²) in [6, 6.07) is 0. The molecular formula is C16H30INO4. The standard InChI is InChI=1S/C11H20INO2.C5H10O2/c1-8(2)15-11(14)5-9-3-4-13-7-10(9)6-12;1-5(2,3)7-4-6/h8-10,13H,3-7H2,1-2H3;4H,1-3H3/t9-,10?;/m0./s1. The number of nitrogens with one attached hydrogen (secondary N) is 1. The van der Waals surface area contributed by atoms with Crippen LogP contribution in [0.4, 0.5) is 0 Å². The molecule has 0 radical (unpaired) electrons. The number of halogens is 1. The van der Waals surface area contributed by atoms with Gasteiger partial charge in [0, 0.05) is 10.8 Å². The number of hydrogen-bond acceptors (Lipinski definition) is 5. The molecule has 1 unspecified atom stereocenters. The third-order valence-corrected chi connectivity index (χ3v) is 4.29. The van der Waals surface area contributed by atoms with Gasteiger partial charge in [-0.3, -0.25) is 9.59 Å². The summed E-state index contributed by atoms with van der Waals surface area (Å²) in [7, 11) is 0. The van der Waals surface area contributed by atoms with E-state index < -0.39 is 0 Å². The summed E-state index contributed by atoms with van der Waals surface area (Å²) in [5.41, 5.74) is -0.318. The van der Waals surface area contributed by atoms with Gasteiger partial charge in [0.15, 0.2) is 0 Å². The Morgan fingerprint density at radius 1 is 1.36 bits per heavy atom. The minimum atomic E-state index is -0.318. The van der Waals surface area contributed by atoms with E-state index in [1.165, 1.54) is 0 Å². The second-order valence-electron chi connectivity index (χ2n) is 6.74. The third-order valence-electron chi connectivity index (χ3n) is 3.16. The molecule has 2 atom stereocenters. The van der Waals surface area contributed by atoms with Crippen molar-refractivity contribution in [2.24, 2.45) is 11.8 Å². The number of carbonyl (C=O) groups is 2. The maximum Gasteiger partial charge on any atom is 0.306 e. The van der Waals surface area contributed by atoms with Gasteiger partial charge in [-0.2, -0.15) is 0 Å². The Bertz CT molecular complexity index is 329. The molecule has 1 saturated heterocycles. The third kappa shape index (κ3) is 11.2. The fourth-order valence-corrected chi connectivity index (χ4v) is 3.13. The molecule has 0 saturated carbocycles. The summed E-state index contributed by atoms with van der Waals surface area (Å²) in [4.78, 5) is 21.1. The zero-order valence-electron chi connectivity index (χ0n) is 14.4. The lowest BCUT2D eigenvalue weighted by Crippen LogP contribution is -2.38. The van der Waals surface area contributed by atoms with Crippen LogP contribution in [-0.4, -0.2) is 41.7 Å². The van der Waals surface area contributed by atoms with Gasteiger partial charge in [-0.25, -0.2) is 0 Å². The molecule has 1 aliphatic heterocycles. The first-order chi connectivity index (χ1) is 10.2. The Kier molecular flexibility index (Phi) is 11.0. The largest absolute Gasteiger partial charge is 0.463 e. The summed E-state index contributed by atoms with van der Waals surface area (Å²) in [6.45, 7) is 11.8. The van der Waals surface area contributed by atoms with Crippen LogP contribution in [0.15, 0.2) is 0 Å². The van der Waals surface area contributed by atoms with Gasteiger partial charge < -0.3 is 14.8 Å². The maximum atomic E-state index is 11.5. The molecule has 6 heteroatoms. The van der Waals surface area contributed by atoms with Crippen molar-refractivity contribution >= 4 is 35.0 Å². The van der Waals surface area contributed by atoms with E-state index in [4.69, 9.17) is 4.74 Å². The van der Waals surface area contributed by atoms with Gasteiger partial charge in [0.2, 0.25) is 0 Å². The van der Waals surface area contributed by atoms with Crippen LogP contribution < -0.4 is 5.32 Å². The lowest BCUT2D eigenvalue weighted by molar-refractivity contribution is -0.149. The predicted octanol–water partition coefficient (Wildman–Crippen LogP) is 2.95. The first-order valence-electron chi connectivity index (χ1n) is 7.77. The molecule has 1 N–H and O–H groups in total. The van der Waals surface area contributed by atoms with Crippen molar-refractivity contribution in [3.63, 3.8) is 0 Å². The van der Waals surface area contributed by atoms with Crippen LogP contribution >= 0.6 is 22.6 Å². The average Bonchev–Trinajstić information content (AvgIpc) is 2.37. The molecule has 0 aromatic carbocycles. The van der Waals surface area contributed by atoms with Gasteiger partial charge in [-0.05, 0) is 66.0 Å². The highest BCUT2D eigenvalue weighted by molar-refractivity contribution is 14.1. The number of esters is 1. The van der Waals surface area contributed by atoms with Crippen molar-refractivity contribution < 1.29 is 19.1 Å². The maximum absolute atomic E-state index is 11.5. The van der Waals surface area contributed by atoms with Crippen LogP contribution in [0.2, 0.25) is 0 Å². The van der Waals surface area contributed by atoms with Crippen LogP contribution in [0.5, 0.6) is 0 Å². The van der Waals surface area contributed by atoms with Gasteiger partial charge in [-0.15, -0.1) is 0 Å². The van der Waals surface area contributed by atoms with Crippen LogP contribution in [-0.2, 0) is 19.1 Å². The lowest BCUT2D eigenvalue weighted by atomic mass is 9.85. The van der Waals surface area contributed by atoms with Crippen LogP contribution in [0.1, 0.15) is 47.5 Å². The SMILES string of the molecule is CC(C)(C)OC=O.CC(C)OC(=O)C[C@@H]1CCNCC1CI. The van der Waals surface area contributed by atoms with E-state index >= 15 is 0 Å². The van der Waals surface area contributed by atoms with Crippen molar-refractivity contribution in [2.45, 2.75) is 59.2 Å². The van der Waals surface area contributed by atoms with Gasteiger partial charge in [-0.1, -0.05) is 22.6 Å². The Labute approximate surface area is 148 Å². The Balaban J connectivity index is 0.000000534. The summed E-state index contributed by atoms with van der Waals surface area (Å²) in [5.74, 6) is 1.10. The first kappa shape index (κ1) is 21.6. The molecule has 0 spiro atoms. The normalized spacial score (nSPS) is 21.6. The van der Waals surface area contributed by atoms with Crippen molar-refractivity contribution in [2.75, 3.05) is 17.5 Å². The molecule has 0 aromatic heterocycles. The molecule has 0 aromatic rings. The highest BCUT2D eigenvalue weighted by Gasteiger charge is 2.26. The first-order valence-corrected chi connectivity index (χ1v) is 9.29. The number of piperidine rings is 1. The van der Waals surface area contributed by atoms with Crippen molar-refractivity contribution in [3.8, 4) is 0 Å². The molecule has 1 fully saturated rings. The van der Waals surface area contributed by atoms with Gasteiger partial charge in [0.1, 0.15) is 5.60 Å². The van der Waals surface area contributed by atoms with E-state index in [0.29, 0.717) is 24.7 Å². The molecule has 0 aliphatic carbocycles. The number of ether oxygens (including phenoxy) is 2. The smallest absolute Gasteiger partial charge is 0.306 e. The van der Waals surface area contributed by atoms with E-state index in [2.05, 4.69) is 32.6 Å². The van der Waals surface area contributed by atoms with Crippen LogP contribution in [0.25, 0.3) is 0 Å². The van der Waals surface area contributed by atoms with Gasteiger partial charge in [0.25, 0.3) is 6.47 Å². The molecule has 5 nitrogen and oxygen atoms in total. The minimum Gasteiger partial charge on any atom is -0.463 e. The Morgan fingerprint density at radius 3 is 2.41 bits per heavy atom. The quantitative estimate of drug-likeness (QED) is 0.316. The van der Waals surface area contributed by atoms with E-state index in [0.717, 1.165) is 23.9 Å². The van der Waals surface area contributed by atoms with E-state index in [1.807, 2.05) is 34.6 Å². The molecule has 1 aliphatic rings. The zero-order valence-corrected chi connectivity index (χ0v) is 16.5. The number of rotatable bonds is 5. The molecule has 130 valence electrons. The molecule has 0 amide bonds. The van der Waals surface area contributed by atoms with Crippen LogP contribution in [0, 0.1) is 11.8 Å². The molecule has 22 heavy (non-hydrogen) atoms. The Hall–Kier alpha value is -0.370. The minimum absolute atomic E-state index is 0.0114. The topological polar surface area (TPSA) is 64.6 Å². The zero-order chi connectivity index (χ0) is 17.2. The summed E-state index contributed by atoms with van der Waals surface area (Å²) >= 11 is 2.40. The second-order valence-corrected chi connectivity index (χ2v) is 7.62.